The van der Waals surface area contributed by atoms with Crippen molar-refractivity contribution in [2.75, 3.05) is 5.75 Å². The lowest BCUT2D eigenvalue weighted by molar-refractivity contribution is 0.0982. The third-order valence-electron chi connectivity index (χ3n) is 3.69. The number of halogens is 1. The van der Waals surface area contributed by atoms with Crippen LogP contribution in [0.2, 0.25) is 0 Å². The van der Waals surface area contributed by atoms with Gasteiger partial charge < -0.3 is 4.57 Å². The number of ketones is 1. The Morgan fingerprint density at radius 3 is 2.65 bits per heavy atom. The van der Waals surface area contributed by atoms with Gasteiger partial charge in [-0.3, -0.25) is 4.79 Å². The first-order chi connectivity index (χ1) is 11.1. The molecule has 3 aromatic rings. The minimum atomic E-state index is -0.320. The SMILES string of the molecule is Cn1c(SCCCC(=O)c2ccc(F)cc2)nc2ccccc21. The van der Waals surface area contributed by atoms with Gasteiger partial charge in [0, 0.05) is 24.8 Å². The first-order valence-corrected chi connectivity index (χ1v) is 8.47. The van der Waals surface area contributed by atoms with Gasteiger partial charge in [-0.25, -0.2) is 9.37 Å². The molecule has 5 heteroatoms. The van der Waals surface area contributed by atoms with Gasteiger partial charge in [-0.1, -0.05) is 23.9 Å². The van der Waals surface area contributed by atoms with E-state index >= 15 is 0 Å². The van der Waals surface area contributed by atoms with E-state index in [1.54, 1.807) is 11.8 Å². The van der Waals surface area contributed by atoms with E-state index in [9.17, 15) is 9.18 Å². The average molecular weight is 328 g/mol. The van der Waals surface area contributed by atoms with Crippen molar-refractivity contribution in [3.63, 3.8) is 0 Å². The molecule has 1 heterocycles. The number of para-hydroxylation sites is 2. The minimum Gasteiger partial charge on any atom is -0.322 e. The summed E-state index contributed by atoms with van der Waals surface area (Å²) in [5.74, 6) is 0.555. The summed E-state index contributed by atoms with van der Waals surface area (Å²) in [5.41, 5.74) is 2.66. The van der Waals surface area contributed by atoms with E-state index in [-0.39, 0.29) is 11.6 Å². The molecule has 0 aliphatic rings. The Labute approximate surface area is 138 Å². The summed E-state index contributed by atoms with van der Waals surface area (Å²) < 4.78 is 14.9. The van der Waals surface area contributed by atoms with Crippen molar-refractivity contribution in [2.45, 2.75) is 18.0 Å². The van der Waals surface area contributed by atoms with Gasteiger partial charge in [-0.15, -0.1) is 0 Å². The molecule has 0 bridgehead atoms. The summed E-state index contributed by atoms with van der Waals surface area (Å²) >= 11 is 1.65. The van der Waals surface area contributed by atoms with Crippen LogP contribution in [-0.2, 0) is 7.05 Å². The topological polar surface area (TPSA) is 34.9 Å². The van der Waals surface area contributed by atoms with E-state index in [4.69, 9.17) is 0 Å². The fraction of sp³-hybridized carbons (Fsp3) is 0.222. The Bertz CT molecular complexity index is 827. The van der Waals surface area contributed by atoms with Crippen LogP contribution in [0.4, 0.5) is 4.39 Å². The summed E-state index contributed by atoms with van der Waals surface area (Å²) in [5, 5.41) is 0.959. The number of benzene rings is 2. The summed E-state index contributed by atoms with van der Waals surface area (Å²) in [6.07, 6.45) is 1.23. The maximum atomic E-state index is 12.8. The maximum absolute atomic E-state index is 12.8. The largest absolute Gasteiger partial charge is 0.322 e. The highest BCUT2D eigenvalue weighted by Crippen LogP contribution is 2.23. The number of hydrogen-bond donors (Lipinski definition) is 0. The van der Waals surface area contributed by atoms with Crippen LogP contribution in [0.5, 0.6) is 0 Å². The molecular formula is C18H17FN2OS. The van der Waals surface area contributed by atoms with E-state index in [2.05, 4.69) is 9.55 Å². The number of aromatic nitrogens is 2. The first-order valence-electron chi connectivity index (χ1n) is 7.48. The average Bonchev–Trinajstić information content (AvgIpc) is 2.89. The third-order valence-corrected chi connectivity index (χ3v) is 4.81. The Balaban J connectivity index is 1.54. The van der Waals surface area contributed by atoms with Crippen LogP contribution in [-0.4, -0.2) is 21.1 Å². The number of hydrogen-bond acceptors (Lipinski definition) is 3. The third kappa shape index (κ3) is 3.62. The Hall–Kier alpha value is -2.14. The lowest BCUT2D eigenvalue weighted by atomic mass is 10.1. The van der Waals surface area contributed by atoms with Crippen LogP contribution < -0.4 is 0 Å². The molecule has 0 radical (unpaired) electrons. The number of fused-ring (bicyclic) bond motifs is 1. The number of Topliss-reactive ketones (excluding diaryl/α,β-unsaturated/α-hetero) is 1. The van der Waals surface area contributed by atoms with Gasteiger partial charge in [0.25, 0.3) is 0 Å². The number of carbonyl (C=O) groups excluding carboxylic acids is 1. The number of carbonyl (C=O) groups is 1. The van der Waals surface area contributed by atoms with Crippen molar-refractivity contribution in [3.05, 3.63) is 59.9 Å². The molecule has 3 nitrogen and oxygen atoms in total. The molecule has 0 saturated carbocycles. The molecule has 0 saturated heterocycles. The van der Waals surface area contributed by atoms with Gasteiger partial charge in [0.1, 0.15) is 5.82 Å². The fourth-order valence-corrected chi connectivity index (χ4v) is 3.35. The van der Waals surface area contributed by atoms with Gasteiger partial charge in [-0.05, 0) is 42.8 Å². The van der Waals surface area contributed by atoms with Gasteiger partial charge >= 0.3 is 0 Å². The van der Waals surface area contributed by atoms with Crippen molar-refractivity contribution in [1.29, 1.82) is 0 Å². The summed E-state index contributed by atoms with van der Waals surface area (Å²) in [4.78, 5) is 16.6. The lowest BCUT2D eigenvalue weighted by Gasteiger charge is -2.03. The van der Waals surface area contributed by atoms with Gasteiger partial charge in [0.05, 0.1) is 11.0 Å². The highest BCUT2D eigenvalue weighted by molar-refractivity contribution is 7.99. The standard InChI is InChI=1S/C18H17FN2OS/c1-21-16-6-3-2-5-15(16)20-18(21)23-12-4-7-17(22)13-8-10-14(19)11-9-13/h2-3,5-6,8-11H,4,7,12H2,1H3. The second-order valence-corrected chi connectivity index (χ2v) is 6.39. The van der Waals surface area contributed by atoms with Crippen molar-refractivity contribution < 1.29 is 9.18 Å². The number of thioether (sulfide) groups is 1. The second kappa shape index (κ2) is 6.96. The highest BCUT2D eigenvalue weighted by Gasteiger charge is 2.09. The monoisotopic (exact) mass is 328 g/mol. The van der Waals surface area contributed by atoms with Crippen LogP contribution >= 0.6 is 11.8 Å². The molecule has 3 rings (SSSR count). The van der Waals surface area contributed by atoms with Crippen molar-refractivity contribution in [2.24, 2.45) is 7.05 Å². The zero-order valence-electron chi connectivity index (χ0n) is 12.8. The van der Waals surface area contributed by atoms with Gasteiger partial charge in [-0.2, -0.15) is 0 Å². The molecule has 2 aromatic carbocycles. The predicted molar refractivity (Wildman–Crippen MR) is 91.4 cm³/mol. The second-order valence-electron chi connectivity index (χ2n) is 5.32. The van der Waals surface area contributed by atoms with Crippen LogP contribution in [0.15, 0.2) is 53.7 Å². The van der Waals surface area contributed by atoms with Crippen molar-refractivity contribution in [1.82, 2.24) is 9.55 Å². The minimum absolute atomic E-state index is 0.0515. The molecule has 0 unspecified atom stereocenters. The van der Waals surface area contributed by atoms with Crippen molar-refractivity contribution in [3.8, 4) is 0 Å². The predicted octanol–water partition coefficient (Wildman–Crippen LogP) is 4.47. The molecule has 0 N–H and O–H groups in total. The van der Waals surface area contributed by atoms with Crippen LogP contribution in [0, 0.1) is 5.82 Å². The Morgan fingerprint density at radius 2 is 1.91 bits per heavy atom. The zero-order valence-corrected chi connectivity index (χ0v) is 13.6. The molecule has 1 aromatic heterocycles. The molecule has 118 valence electrons. The molecule has 0 aliphatic heterocycles. The summed E-state index contributed by atoms with van der Waals surface area (Å²) in [6, 6.07) is 13.7. The maximum Gasteiger partial charge on any atom is 0.168 e. The molecule has 23 heavy (non-hydrogen) atoms. The fourth-order valence-electron chi connectivity index (χ4n) is 2.43. The van der Waals surface area contributed by atoms with Gasteiger partial charge in [0.2, 0.25) is 0 Å². The Morgan fingerprint density at radius 1 is 1.17 bits per heavy atom. The van der Waals surface area contributed by atoms with Crippen LogP contribution in [0.25, 0.3) is 11.0 Å². The highest BCUT2D eigenvalue weighted by atomic mass is 32.2. The molecule has 0 aliphatic carbocycles. The molecule has 0 atom stereocenters. The normalized spacial score (nSPS) is 11.0. The smallest absolute Gasteiger partial charge is 0.168 e. The van der Waals surface area contributed by atoms with Crippen LogP contribution in [0.1, 0.15) is 23.2 Å². The number of imidazole rings is 1. The summed E-state index contributed by atoms with van der Waals surface area (Å²) in [6.45, 7) is 0. The lowest BCUT2D eigenvalue weighted by Crippen LogP contribution is -2.00. The van der Waals surface area contributed by atoms with Gasteiger partial charge in [0.15, 0.2) is 10.9 Å². The molecular weight excluding hydrogens is 311 g/mol. The Kier molecular flexibility index (Phi) is 4.76. The van der Waals surface area contributed by atoms with E-state index in [0.29, 0.717) is 12.0 Å². The number of rotatable bonds is 6. The van der Waals surface area contributed by atoms with E-state index in [1.807, 2.05) is 31.3 Å². The van der Waals surface area contributed by atoms with Crippen LogP contribution in [0.3, 0.4) is 0 Å². The van der Waals surface area contributed by atoms with E-state index < -0.39 is 0 Å². The van der Waals surface area contributed by atoms with E-state index in [1.165, 1.54) is 24.3 Å². The first kappa shape index (κ1) is 15.7. The molecule has 0 spiro atoms. The summed E-state index contributed by atoms with van der Waals surface area (Å²) in [7, 11) is 2.00. The van der Waals surface area contributed by atoms with Crippen molar-refractivity contribution >= 4 is 28.6 Å². The molecule has 0 amide bonds. The molecule has 0 fully saturated rings. The number of nitrogens with zero attached hydrogens (tertiary/aromatic N) is 2. The number of aryl methyl sites for hydroxylation is 1. The quantitative estimate of drug-likeness (QED) is 0.380. The van der Waals surface area contributed by atoms with E-state index in [0.717, 1.165) is 28.4 Å². The zero-order chi connectivity index (χ0) is 16.2.